The van der Waals surface area contributed by atoms with E-state index < -0.39 is 5.82 Å². The van der Waals surface area contributed by atoms with Gasteiger partial charge in [-0.2, -0.15) is 10.4 Å². The zero-order valence-electron chi connectivity index (χ0n) is 17.9. The van der Waals surface area contributed by atoms with Crippen molar-refractivity contribution in [3.8, 4) is 34.2 Å². The van der Waals surface area contributed by atoms with Crippen LogP contribution in [-0.2, 0) is 11.8 Å². The van der Waals surface area contributed by atoms with Gasteiger partial charge in [-0.15, -0.1) is 0 Å². The zero-order chi connectivity index (χ0) is 23.3. The predicted molar refractivity (Wildman–Crippen MR) is 123 cm³/mol. The Balaban J connectivity index is 1.72. The summed E-state index contributed by atoms with van der Waals surface area (Å²) < 4.78 is 27.9. The maximum absolute atomic E-state index is 15.4. The van der Waals surface area contributed by atoms with Gasteiger partial charge in [-0.05, 0) is 30.2 Å². The van der Waals surface area contributed by atoms with E-state index in [1.165, 1.54) is 10.7 Å². The summed E-state index contributed by atoms with van der Waals surface area (Å²) in [7, 11) is 1.68. The number of fused-ring (bicyclic) bond motifs is 1. The van der Waals surface area contributed by atoms with Crippen molar-refractivity contribution < 1.29 is 13.9 Å². The summed E-state index contributed by atoms with van der Waals surface area (Å²) in [6.45, 7) is 2.77. The number of nitrogens with zero attached hydrogens (tertiary/aromatic N) is 4. The summed E-state index contributed by atoms with van der Waals surface area (Å²) in [5.74, 6) is -0.0878. The second kappa shape index (κ2) is 8.03. The second-order valence-electron chi connectivity index (χ2n) is 7.94. The van der Waals surface area contributed by atoms with E-state index >= 15 is 4.39 Å². The molecule has 0 saturated carbocycles. The van der Waals surface area contributed by atoms with Gasteiger partial charge in [-0.25, -0.2) is 9.37 Å². The number of anilines is 1. The number of aryl methyl sites for hydroxylation is 2. The summed E-state index contributed by atoms with van der Waals surface area (Å²) in [5, 5.41) is 15.1. The minimum atomic E-state index is -0.714. The number of aromatic nitrogens is 3. The van der Waals surface area contributed by atoms with E-state index in [0.29, 0.717) is 35.8 Å². The van der Waals surface area contributed by atoms with Gasteiger partial charge in [0.2, 0.25) is 0 Å². The van der Waals surface area contributed by atoms with Crippen molar-refractivity contribution in [2.24, 2.45) is 7.05 Å². The fourth-order valence-corrected chi connectivity index (χ4v) is 4.23. The smallest absolute Gasteiger partial charge is 0.152 e. The lowest BCUT2D eigenvalue weighted by atomic mass is 9.96. The van der Waals surface area contributed by atoms with Crippen molar-refractivity contribution in [3.05, 3.63) is 58.5 Å². The molecular weight excluding hydrogens is 445 g/mol. The molecule has 2 N–H and O–H groups in total. The minimum Gasteiger partial charge on any atom is -0.484 e. The monoisotopic (exact) mass is 463 g/mol. The highest BCUT2D eigenvalue weighted by Gasteiger charge is 2.28. The molecule has 9 heteroatoms. The van der Waals surface area contributed by atoms with E-state index in [1.54, 1.807) is 13.2 Å². The molecule has 0 spiro atoms. The van der Waals surface area contributed by atoms with E-state index in [1.807, 2.05) is 31.2 Å². The lowest BCUT2D eigenvalue weighted by Crippen LogP contribution is -2.38. The summed E-state index contributed by atoms with van der Waals surface area (Å²) in [6, 6.07) is 11.0. The molecule has 0 unspecified atom stereocenters. The molecule has 0 aliphatic carbocycles. The molecule has 7 nitrogen and oxygen atoms in total. The van der Waals surface area contributed by atoms with Crippen molar-refractivity contribution in [1.82, 2.24) is 14.8 Å². The summed E-state index contributed by atoms with van der Waals surface area (Å²) in [4.78, 5) is 4.43. The molecule has 1 saturated heterocycles. The highest BCUT2D eigenvalue weighted by atomic mass is 35.5. The van der Waals surface area contributed by atoms with E-state index in [4.69, 9.17) is 26.8 Å². The molecule has 0 amide bonds. The molecule has 33 heavy (non-hydrogen) atoms. The number of hydrogen-bond donors (Lipinski definition) is 1. The highest BCUT2D eigenvalue weighted by Crippen LogP contribution is 2.42. The maximum Gasteiger partial charge on any atom is 0.152 e. The van der Waals surface area contributed by atoms with Gasteiger partial charge in [-0.1, -0.05) is 23.7 Å². The minimum absolute atomic E-state index is 0.0343. The fraction of sp³-hybridized carbons (Fsp3) is 0.208. The van der Waals surface area contributed by atoms with Crippen molar-refractivity contribution in [1.29, 1.82) is 5.26 Å². The Kier molecular flexibility index (Phi) is 5.16. The van der Waals surface area contributed by atoms with Crippen molar-refractivity contribution in [3.63, 3.8) is 0 Å². The van der Waals surface area contributed by atoms with Crippen LogP contribution in [0.15, 0.2) is 36.5 Å². The van der Waals surface area contributed by atoms with Crippen LogP contribution in [0.1, 0.15) is 11.1 Å². The Hall–Kier alpha value is -3.67. The summed E-state index contributed by atoms with van der Waals surface area (Å²) in [6.07, 6.45) is 1.41. The number of benzene rings is 2. The molecule has 4 aromatic rings. The molecule has 0 radical (unpaired) electrons. The van der Waals surface area contributed by atoms with Gasteiger partial charge in [0.25, 0.3) is 0 Å². The van der Waals surface area contributed by atoms with Crippen LogP contribution in [-0.4, -0.2) is 34.1 Å². The van der Waals surface area contributed by atoms with Gasteiger partial charge in [0, 0.05) is 24.1 Å². The van der Waals surface area contributed by atoms with Gasteiger partial charge in [0.1, 0.15) is 29.3 Å². The first-order chi connectivity index (χ1) is 15.9. The first-order valence-electron chi connectivity index (χ1n) is 10.2. The predicted octanol–water partition coefficient (Wildman–Crippen LogP) is 4.63. The summed E-state index contributed by atoms with van der Waals surface area (Å²) in [5.41, 5.74) is 9.51. The number of nitrogen functional groups attached to an aromatic ring is 1. The first-order valence-corrected chi connectivity index (χ1v) is 10.6. The van der Waals surface area contributed by atoms with Gasteiger partial charge in [0.05, 0.1) is 41.2 Å². The topological polar surface area (TPSA) is 99.0 Å². The van der Waals surface area contributed by atoms with E-state index in [-0.39, 0.29) is 28.0 Å². The molecular formula is C24H19ClFN5O2. The SMILES string of the molecule is Cc1cc(N)nc2cc(-c3cnn(C)c3-c3c(F)c(Cl)cc(OC4COC4)c3C#N)ccc12. The van der Waals surface area contributed by atoms with Crippen LogP contribution in [0.25, 0.3) is 33.3 Å². The van der Waals surface area contributed by atoms with Crippen molar-refractivity contribution in [2.75, 3.05) is 18.9 Å². The Morgan fingerprint density at radius 1 is 1.30 bits per heavy atom. The quantitative estimate of drug-likeness (QED) is 0.473. The van der Waals surface area contributed by atoms with Crippen molar-refractivity contribution >= 4 is 28.3 Å². The molecule has 1 fully saturated rings. The Bertz CT molecular complexity index is 1460. The average molecular weight is 464 g/mol. The fourth-order valence-electron chi connectivity index (χ4n) is 4.03. The Labute approximate surface area is 194 Å². The van der Waals surface area contributed by atoms with Crippen molar-refractivity contribution in [2.45, 2.75) is 13.0 Å². The summed E-state index contributed by atoms with van der Waals surface area (Å²) >= 11 is 6.22. The van der Waals surface area contributed by atoms with Gasteiger partial charge in [-0.3, -0.25) is 4.68 Å². The average Bonchev–Trinajstić information content (AvgIpc) is 3.13. The van der Waals surface area contributed by atoms with Crippen LogP contribution in [0.2, 0.25) is 5.02 Å². The molecule has 2 aromatic heterocycles. The molecule has 1 aliphatic rings. The third-order valence-corrected chi connectivity index (χ3v) is 5.99. The number of ether oxygens (including phenoxy) is 2. The Morgan fingerprint density at radius 2 is 2.09 bits per heavy atom. The van der Waals surface area contributed by atoms with Crippen LogP contribution in [0, 0.1) is 24.1 Å². The van der Waals surface area contributed by atoms with E-state index in [0.717, 1.165) is 16.5 Å². The highest BCUT2D eigenvalue weighted by molar-refractivity contribution is 6.31. The second-order valence-corrected chi connectivity index (χ2v) is 8.34. The van der Waals surface area contributed by atoms with E-state index in [9.17, 15) is 5.26 Å². The molecule has 1 aliphatic heterocycles. The van der Waals surface area contributed by atoms with Crippen LogP contribution in [0.5, 0.6) is 5.75 Å². The lowest BCUT2D eigenvalue weighted by Gasteiger charge is -2.27. The number of halogens is 2. The van der Waals surface area contributed by atoms with Crippen LogP contribution in [0.3, 0.4) is 0 Å². The lowest BCUT2D eigenvalue weighted by molar-refractivity contribution is -0.0797. The van der Waals surface area contributed by atoms with Crippen LogP contribution in [0.4, 0.5) is 10.2 Å². The molecule has 3 heterocycles. The van der Waals surface area contributed by atoms with Gasteiger partial charge in [0.15, 0.2) is 5.82 Å². The van der Waals surface area contributed by atoms with Crippen LogP contribution >= 0.6 is 11.6 Å². The zero-order valence-corrected chi connectivity index (χ0v) is 18.7. The molecule has 2 aromatic carbocycles. The normalized spacial score (nSPS) is 13.7. The van der Waals surface area contributed by atoms with E-state index in [2.05, 4.69) is 16.2 Å². The third kappa shape index (κ3) is 3.55. The molecule has 0 bridgehead atoms. The molecule has 166 valence electrons. The number of nitrogens with two attached hydrogens (primary N) is 1. The molecule has 0 atom stereocenters. The maximum atomic E-state index is 15.4. The number of rotatable bonds is 4. The number of nitriles is 1. The van der Waals surface area contributed by atoms with Gasteiger partial charge < -0.3 is 15.2 Å². The van der Waals surface area contributed by atoms with Gasteiger partial charge >= 0.3 is 0 Å². The largest absolute Gasteiger partial charge is 0.484 e. The standard InChI is InChI=1S/C24H19ClFN5O2/c1-12-5-21(28)30-19-6-13(3-4-15(12)19)17-9-29-31(2)24(17)22-16(8-27)20(7-18(25)23(22)26)33-14-10-32-11-14/h3-7,9,14H,10-11H2,1-2H3,(H2,28,30). The van der Waals surface area contributed by atoms with Crippen LogP contribution < -0.4 is 10.5 Å². The molecule has 5 rings (SSSR count). The first kappa shape index (κ1) is 21.2. The Morgan fingerprint density at radius 3 is 2.79 bits per heavy atom. The number of hydrogen-bond acceptors (Lipinski definition) is 6. The third-order valence-electron chi connectivity index (χ3n) is 5.72. The number of pyridine rings is 1.